The Hall–Kier alpha value is -1.97. The number of benzene rings is 1. The maximum Gasteiger partial charge on any atom is 0.334 e. The van der Waals surface area contributed by atoms with Gasteiger partial charge in [0, 0.05) is 23.1 Å². The molecule has 0 radical (unpaired) electrons. The number of carbonyl (C=O) groups is 1. The molecule has 1 aromatic rings. The highest BCUT2D eigenvalue weighted by molar-refractivity contribution is 5.96. The summed E-state index contributed by atoms with van der Waals surface area (Å²) in [6, 6.07) is 5.50. The van der Waals surface area contributed by atoms with Crippen LogP contribution in [0.5, 0.6) is 11.5 Å². The summed E-state index contributed by atoms with van der Waals surface area (Å²) >= 11 is 0. The minimum atomic E-state index is -0.252. The molecule has 1 aliphatic rings. The van der Waals surface area contributed by atoms with Crippen molar-refractivity contribution in [2.75, 3.05) is 14.2 Å². The van der Waals surface area contributed by atoms with Crippen LogP contribution in [-0.2, 0) is 9.53 Å². The Morgan fingerprint density at radius 1 is 1.21 bits per heavy atom. The summed E-state index contributed by atoms with van der Waals surface area (Å²) in [6.07, 6.45) is 1.75. The van der Waals surface area contributed by atoms with E-state index in [0.29, 0.717) is 11.3 Å². The highest BCUT2D eigenvalue weighted by Gasteiger charge is 2.33. The maximum absolute atomic E-state index is 11.8. The van der Waals surface area contributed by atoms with Gasteiger partial charge in [-0.05, 0) is 25.1 Å². The fourth-order valence-electron chi connectivity index (χ4n) is 2.07. The summed E-state index contributed by atoms with van der Waals surface area (Å²) in [7, 11) is 3.20. The van der Waals surface area contributed by atoms with E-state index >= 15 is 0 Å². The lowest BCUT2D eigenvalue weighted by atomic mass is 9.97. The van der Waals surface area contributed by atoms with Crippen LogP contribution in [0.1, 0.15) is 19.4 Å². The molecule has 0 saturated carbocycles. The van der Waals surface area contributed by atoms with E-state index in [2.05, 4.69) is 0 Å². The third kappa shape index (κ3) is 2.57. The van der Waals surface area contributed by atoms with E-state index < -0.39 is 0 Å². The average molecular weight is 262 g/mol. The Morgan fingerprint density at radius 2 is 1.95 bits per heavy atom. The Balaban J connectivity index is 2.40. The van der Waals surface area contributed by atoms with Crippen molar-refractivity contribution in [1.29, 1.82) is 0 Å². The second-order valence-electron chi connectivity index (χ2n) is 4.61. The fraction of sp³-hybridized carbons (Fsp3) is 0.400. The molecule has 4 nitrogen and oxygen atoms in total. The van der Waals surface area contributed by atoms with Gasteiger partial charge in [-0.1, -0.05) is 6.92 Å². The molecule has 0 bridgehead atoms. The number of rotatable bonds is 3. The molecule has 19 heavy (non-hydrogen) atoms. The molecule has 1 aromatic carbocycles. The molecule has 0 spiro atoms. The third-order valence-corrected chi connectivity index (χ3v) is 3.47. The second kappa shape index (κ2) is 5.34. The summed E-state index contributed by atoms with van der Waals surface area (Å²) in [5.41, 5.74) is 1.52. The highest BCUT2D eigenvalue weighted by atomic mass is 16.5. The van der Waals surface area contributed by atoms with Crippen molar-refractivity contribution in [2.45, 2.75) is 20.0 Å². The summed E-state index contributed by atoms with van der Waals surface area (Å²) < 4.78 is 15.7. The molecule has 0 amide bonds. The minimum Gasteiger partial charge on any atom is -0.497 e. The van der Waals surface area contributed by atoms with E-state index in [1.807, 2.05) is 32.1 Å². The summed E-state index contributed by atoms with van der Waals surface area (Å²) in [5.74, 6) is 1.22. The molecule has 102 valence electrons. The molecule has 0 N–H and O–H groups in total. The molecule has 4 heteroatoms. The lowest BCUT2D eigenvalue weighted by molar-refractivity contribution is -0.138. The quantitative estimate of drug-likeness (QED) is 0.620. The number of hydrogen-bond donors (Lipinski definition) is 0. The van der Waals surface area contributed by atoms with E-state index in [4.69, 9.17) is 14.2 Å². The van der Waals surface area contributed by atoms with Gasteiger partial charge in [0.2, 0.25) is 0 Å². The smallest absolute Gasteiger partial charge is 0.334 e. The molecular formula is C15H18O4. The van der Waals surface area contributed by atoms with Crippen molar-refractivity contribution in [3.05, 3.63) is 29.3 Å². The number of hydrogen-bond acceptors (Lipinski definition) is 4. The summed E-state index contributed by atoms with van der Waals surface area (Å²) in [5, 5.41) is 0. The van der Waals surface area contributed by atoms with E-state index in [-0.39, 0.29) is 18.0 Å². The third-order valence-electron chi connectivity index (χ3n) is 3.47. The van der Waals surface area contributed by atoms with Crippen LogP contribution in [0.2, 0.25) is 0 Å². The molecular weight excluding hydrogens is 244 g/mol. The van der Waals surface area contributed by atoms with Gasteiger partial charge in [-0.25, -0.2) is 4.79 Å². The van der Waals surface area contributed by atoms with E-state index in [0.717, 1.165) is 11.3 Å². The van der Waals surface area contributed by atoms with Crippen LogP contribution in [0.4, 0.5) is 0 Å². The van der Waals surface area contributed by atoms with Crippen LogP contribution in [0.3, 0.4) is 0 Å². The van der Waals surface area contributed by atoms with Crippen molar-refractivity contribution in [3.8, 4) is 11.5 Å². The predicted molar refractivity (Wildman–Crippen MR) is 72.2 cm³/mol. The van der Waals surface area contributed by atoms with Crippen LogP contribution in [0, 0.1) is 5.92 Å². The number of cyclic esters (lactones) is 1. The van der Waals surface area contributed by atoms with E-state index in [1.165, 1.54) is 0 Å². The van der Waals surface area contributed by atoms with Crippen LogP contribution in [-0.4, -0.2) is 26.3 Å². The van der Waals surface area contributed by atoms with Gasteiger partial charge in [-0.15, -0.1) is 0 Å². The van der Waals surface area contributed by atoms with Crippen LogP contribution in [0.15, 0.2) is 23.8 Å². The van der Waals surface area contributed by atoms with Gasteiger partial charge < -0.3 is 14.2 Å². The molecule has 2 atom stereocenters. The summed E-state index contributed by atoms with van der Waals surface area (Å²) in [6.45, 7) is 3.88. The van der Waals surface area contributed by atoms with Gasteiger partial charge in [0.1, 0.15) is 17.6 Å². The van der Waals surface area contributed by atoms with Gasteiger partial charge >= 0.3 is 5.97 Å². The van der Waals surface area contributed by atoms with Crippen LogP contribution >= 0.6 is 0 Å². The zero-order valence-corrected chi connectivity index (χ0v) is 11.6. The Kier molecular flexibility index (Phi) is 3.79. The number of carbonyl (C=O) groups excluding carboxylic acids is 1. The topological polar surface area (TPSA) is 44.8 Å². The van der Waals surface area contributed by atoms with Crippen molar-refractivity contribution >= 4 is 12.0 Å². The van der Waals surface area contributed by atoms with Gasteiger partial charge in [-0.3, -0.25) is 0 Å². The lowest BCUT2D eigenvalue weighted by Crippen LogP contribution is -2.07. The van der Waals surface area contributed by atoms with E-state index in [9.17, 15) is 4.79 Å². The second-order valence-corrected chi connectivity index (χ2v) is 4.61. The molecule has 1 aliphatic heterocycles. The Morgan fingerprint density at radius 3 is 2.47 bits per heavy atom. The first-order chi connectivity index (χ1) is 9.06. The summed E-state index contributed by atoms with van der Waals surface area (Å²) in [4.78, 5) is 11.8. The van der Waals surface area contributed by atoms with Crippen molar-refractivity contribution < 1.29 is 19.0 Å². The number of methoxy groups -OCH3 is 2. The average Bonchev–Trinajstić information content (AvgIpc) is 2.65. The molecule has 1 fully saturated rings. The highest BCUT2D eigenvalue weighted by Crippen LogP contribution is 2.32. The lowest BCUT2D eigenvalue weighted by Gasteiger charge is -2.09. The van der Waals surface area contributed by atoms with Crippen LogP contribution < -0.4 is 9.47 Å². The molecule has 2 unspecified atom stereocenters. The zero-order chi connectivity index (χ0) is 14.0. The fourth-order valence-corrected chi connectivity index (χ4v) is 2.07. The normalized spacial score (nSPS) is 24.4. The standard InChI is InChI=1S/C15H18O4/c1-9-10(2)19-15(16)13(9)7-11-5-6-12(17-3)8-14(11)18-4/h5-10H,1-4H3. The predicted octanol–water partition coefficient (Wildman–Crippen LogP) is 2.67. The maximum atomic E-state index is 11.8. The minimum absolute atomic E-state index is 0.0806. The molecule has 1 heterocycles. The Bertz CT molecular complexity index is 519. The van der Waals surface area contributed by atoms with Gasteiger partial charge in [0.25, 0.3) is 0 Å². The SMILES string of the molecule is COc1ccc(C=C2C(=O)OC(C)C2C)c(OC)c1. The zero-order valence-electron chi connectivity index (χ0n) is 11.6. The monoisotopic (exact) mass is 262 g/mol. The number of esters is 1. The van der Waals surface area contributed by atoms with Gasteiger partial charge in [0.15, 0.2) is 0 Å². The van der Waals surface area contributed by atoms with E-state index in [1.54, 1.807) is 20.3 Å². The Labute approximate surface area is 113 Å². The molecule has 2 rings (SSSR count). The molecule has 0 aliphatic carbocycles. The van der Waals surface area contributed by atoms with Gasteiger partial charge in [0.05, 0.1) is 14.2 Å². The van der Waals surface area contributed by atoms with Crippen molar-refractivity contribution in [3.63, 3.8) is 0 Å². The van der Waals surface area contributed by atoms with Crippen molar-refractivity contribution in [2.24, 2.45) is 5.92 Å². The first kappa shape index (κ1) is 13.5. The van der Waals surface area contributed by atoms with Gasteiger partial charge in [-0.2, -0.15) is 0 Å². The van der Waals surface area contributed by atoms with Crippen molar-refractivity contribution in [1.82, 2.24) is 0 Å². The van der Waals surface area contributed by atoms with Crippen LogP contribution in [0.25, 0.3) is 6.08 Å². The first-order valence-electron chi connectivity index (χ1n) is 6.21. The molecule has 1 saturated heterocycles. The first-order valence-corrected chi connectivity index (χ1v) is 6.21. The largest absolute Gasteiger partial charge is 0.497 e. The molecule has 0 aromatic heterocycles. The number of ether oxygens (including phenoxy) is 3.